The Hall–Kier alpha value is -2.58. The third kappa shape index (κ3) is 5.08. The van der Waals surface area contributed by atoms with Crippen molar-refractivity contribution in [2.75, 3.05) is 18.4 Å². The molecule has 2 N–H and O–H groups in total. The minimum Gasteiger partial charge on any atom is -0.379 e. The molecule has 0 aliphatic heterocycles. The highest BCUT2D eigenvalue weighted by Crippen LogP contribution is 2.34. The van der Waals surface area contributed by atoms with Gasteiger partial charge in [0, 0.05) is 25.6 Å². The number of anilines is 1. The number of nitrogens with one attached hydrogen (secondary N) is 2. The van der Waals surface area contributed by atoms with E-state index in [0.29, 0.717) is 12.6 Å². The first kappa shape index (κ1) is 17.5. The highest BCUT2D eigenvalue weighted by molar-refractivity contribution is 5.76. The van der Waals surface area contributed by atoms with Gasteiger partial charge < -0.3 is 10.6 Å². The Bertz CT molecular complexity index is 573. The van der Waals surface area contributed by atoms with Crippen molar-refractivity contribution < 1.29 is 22.9 Å². The molecule has 0 saturated carbocycles. The molecule has 0 atom stereocenters. The number of carbonyl (C=O) groups excluding carboxylic acids is 1. The number of hydrogen-bond donors (Lipinski definition) is 2. The maximum Gasteiger partial charge on any atom is 0.416 e. The van der Waals surface area contributed by atoms with Crippen molar-refractivity contribution >= 4 is 17.3 Å². The van der Waals surface area contributed by atoms with E-state index in [2.05, 4.69) is 17.2 Å². The molecule has 0 heterocycles. The van der Waals surface area contributed by atoms with E-state index in [1.165, 1.54) is 6.08 Å². The summed E-state index contributed by atoms with van der Waals surface area (Å²) in [4.78, 5) is 21.3. The van der Waals surface area contributed by atoms with Crippen LogP contribution in [-0.2, 0) is 11.0 Å². The summed E-state index contributed by atoms with van der Waals surface area (Å²) < 4.78 is 37.6. The Kier molecular flexibility index (Phi) is 5.90. The van der Waals surface area contributed by atoms with Crippen LogP contribution in [0.2, 0.25) is 0 Å². The van der Waals surface area contributed by atoms with Gasteiger partial charge in [-0.3, -0.25) is 14.9 Å². The SMILES string of the molecule is C=CCNC(=O)CCNc1ccc(C(F)(F)F)cc1[N+](=O)[O-]. The summed E-state index contributed by atoms with van der Waals surface area (Å²) >= 11 is 0. The highest BCUT2D eigenvalue weighted by Gasteiger charge is 2.32. The molecule has 0 bridgehead atoms. The summed E-state index contributed by atoms with van der Waals surface area (Å²) in [6.07, 6.45) is -3.15. The first-order chi connectivity index (χ1) is 10.3. The summed E-state index contributed by atoms with van der Waals surface area (Å²) in [7, 11) is 0. The van der Waals surface area contributed by atoms with Crippen LogP contribution < -0.4 is 10.6 Å². The van der Waals surface area contributed by atoms with Crippen molar-refractivity contribution in [1.29, 1.82) is 0 Å². The topological polar surface area (TPSA) is 84.3 Å². The Labute approximate surface area is 124 Å². The predicted molar refractivity (Wildman–Crippen MR) is 74.4 cm³/mol. The van der Waals surface area contributed by atoms with Gasteiger partial charge in [0.15, 0.2) is 0 Å². The van der Waals surface area contributed by atoms with Gasteiger partial charge in [0.25, 0.3) is 5.69 Å². The number of benzene rings is 1. The van der Waals surface area contributed by atoms with Gasteiger partial charge in [-0.25, -0.2) is 0 Å². The minimum absolute atomic E-state index is 0.0199. The maximum absolute atomic E-state index is 12.5. The second kappa shape index (κ2) is 7.43. The van der Waals surface area contributed by atoms with Crippen molar-refractivity contribution in [3.05, 3.63) is 46.5 Å². The zero-order valence-corrected chi connectivity index (χ0v) is 11.4. The summed E-state index contributed by atoms with van der Waals surface area (Å²) in [5.74, 6) is -0.304. The summed E-state index contributed by atoms with van der Waals surface area (Å²) in [6, 6.07) is 2.18. The van der Waals surface area contributed by atoms with Gasteiger partial charge in [0.1, 0.15) is 5.69 Å². The van der Waals surface area contributed by atoms with E-state index in [1.807, 2.05) is 0 Å². The first-order valence-corrected chi connectivity index (χ1v) is 6.23. The van der Waals surface area contributed by atoms with Crippen LogP contribution in [0.1, 0.15) is 12.0 Å². The van der Waals surface area contributed by atoms with E-state index >= 15 is 0 Å². The van der Waals surface area contributed by atoms with Crippen molar-refractivity contribution in [2.45, 2.75) is 12.6 Å². The number of carbonyl (C=O) groups is 1. The lowest BCUT2D eigenvalue weighted by Gasteiger charge is -2.10. The third-order valence-electron chi connectivity index (χ3n) is 2.63. The van der Waals surface area contributed by atoms with Gasteiger partial charge in [-0.1, -0.05) is 6.08 Å². The molecule has 22 heavy (non-hydrogen) atoms. The normalized spacial score (nSPS) is 10.9. The summed E-state index contributed by atoms with van der Waals surface area (Å²) in [5.41, 5.74) is -1.87. The van der Waals surface area contributed by atoms with Crippen LogP contribution in [0.15, 0.2) is 30.9 Å². The molecular formula is C13H14F3N3O3. The summed E-state index contributed by atoms with van der Waals surface area (Å²) in [6.45, 7) is 3.76. The molecule has 0 saturated heterocycles. The smallest absolute Gasteiger partial charge is 0.379 e. The zero-order valence-electron chi connectivity index (χ0n) is 11.4. The second-order valence-electron chi connectivity index (χ2n) is 4.26. The lowest BCUT2D eigenvalue weighted by Crippen LogP contribution is -2.25. The largest absolute Gasteiger partial charge is 0.416 e. The number of halogens is 3. The summed E-state index contributed by atoms with van der Waals surface area (Å²) in [5, 5.41) is 15.9. The second-order valence-corrected chi connectivity index (χ2v) is 4.26. The Morgan fingerprint density at radius 2 is 2.09 bits per heavy atom. The van der Waals surface area contributed by atoms with Crippen molar-refractivity contribution in [3.63, 3.8) is 0 Å². The van der Waals surface area contributed by atoms with Crippen LogP contribution >= 0.6 is 0 Å². The molecule has 0 radical (unpaired) electrons. The number of nitro benzene ring substituents is 1. The molecular weight excluding hydrogens is 303 g/mol. The predicted octanol–water partition coefficient (Wildman–Crippen LogP) is 2.72. The van der Waals surface area contributed by atoms with Crippen molar-refractivity contribution in [2.24, 2.45) is 0 Å². The van der Waals surface area contributed by atoms with Crippen LogP contribution in [0, 0.1) is 10.1 Å². The van der Waals surface area contributed by atoms with Crippen molar-refractivity contribution in [3.8, 4) is 0 Å². The van der Waals surface area contributed by atoms with Gasteiger partial charge in [-0.05, 0) is 12.1 Å². The zero-order chi connectivity index (χ0) is 16.8. The van der Waals surface area contributed by atoms with Gasteiger partial charge in [-0.2, -0.15) is 13.2 Å². The van der Waals surface area contributed by atoms with Gasteiger partial charge in [0.2, 0.25) is 5.91 Å². The number of nitro groups is 1. The fraction of sp³-hybridized carbons (Fsp3) is 0.308. The van der Waals surface area contributed by atoms with E-state index in [1.54, 1.807) is 0 Å². The molecule has 1 aromatic rings. The molecule has 0 unspecified atom stereocenters. The average Bonchev–Trinajstić information content (AvgIpc) is 2.44. The molecule has 0 aliphatic rings. The van der Waals surface area contributed by atoms with Crippen LogP contribution in [0.4, 0.5) is 24.5 Å². The van der Waals surface area contributed by atoms with Crippen LogP contribution in [0.5, 0.6) is 0 Å². The minimum atomic E-state index is -4.66. The molecule has 1 rings (SSSR count). The number of rotatable bonds is 7. The van der Waals surface area contributed by atoms with E-state index in [-0.39, 0.29) is 24.6 Å². The number of hydrogen-bond acceptors (Lipinski definition) is 4. The first-order valence-electron chi connectivity index (χ1n) is 6.23. The van der Waals surface area contributed by atoms with E-state index < -0.39 is 22.4 Å². The molecule has 9 heteroatoms. The highest BCUT2D eigenvalue weighted by atomic mass is 19.4. The van der Waals surface area contributed by atoms with E-state index in [0.717, 1.165) is 12.1 Å². The van der Waals surface area contributed by atoms with E-state index in [9.17, 15) is 28.1 Å². The number of alkyl halides is 3. The average molecular weight is 317 g/mol. The molecule has 1 aromatic carbocycles. The van der Waals surface area contributed by atoms with Crippen LogP contribution in [-0.4, -0.2) is 23.9 Å². The maximum atomic E-state index is 12.5. The van der Waals surface area contributed by atoms with Gasteiger partial charge >= 0.3 is 6.18 Å². The molecule has 120 valence electrons. The van der Waals surface area contributed by atoms with Crippen LogP contribution in [0.25, 0.3) is 0 Å². The molecule has 0 aromatic heterocycles. The Morgan fingerprint density at radius 1 is 1.41 bits per heavy atom. The lowest BCUT2D eigenvalue weighted by molar-refractivity contribution is -0.384. The molecule has 0 fully saturated rings. The van der Waals surface area contributed by atoms with E-state index in [4.69, 9.17) is 0 Å². The molecule has 1 amide bonds. The quantitative estimate of drug-likeness (QED) is 0.460. The molecule has 0 spiro atoms. The Balaban J connectivity index is 2.76. The molecule has 0 aliphatic carbocycles. The van der Waals surface area contributed by atoms with Crippen LogP contribution in [0.3, 0.4) is 0 Å². The van der Waals surface area contributed by atoms with Gasteiger partial charge in [0.05, 0.1) is 10.5 Å². The molecule has 6 nitrogen and oxygen atoms in total. The van der Waals surface area contributed by atoms with Gasteiger partial charge in [-0.15, -0.1) is 6.58 Å². The fourth-order valence-corrected chi connectivity index (χ4v) is 1.59. The fourth-order valence-electron chi connectivity index (χ4n) is 1.59. The number of nitrogens with zero attached hydrogens (tertiary/aromatic N) is 1. The lowest BCUT2D eigenvalue weighted by atomic mass is 10.1. The third-order valence-corrected chi connectivity index (χ3v) is 2.63. The monoisotopic (exact) mass is 317 g/mol. The standard InChI is InChI=1S/C13H14F3N3O3/c1-2-6-18-12(20)5-7-17-10-4-3-9(13(14,15)16)8-11(10)19(21)22/h2-4,8,17H,1,5-7H2,(H,18,20). The Morgan fingerprint density at radius 3 is 2.64 bits per heavy atom. The number of amides is 1. The van der Waals surface area contributed by atoms with Crippen molar-refractivity contribution in [1.82, 2.24) is 5.32 Å².